The Balaban J connectivity index is 2.06. The van der Waals surface area contributed by atoms with Gasteiger partial charge in [0.25, 0.3) is 5.91 Å². The van der Waals surface area contributed by atoms with Crippen LogP contribution in [0.1, 0.15) is 25.3 Å². The molecule has 1 amide bonds. The number of nitrogens with zero attached hydrogens (tertiary/aromatic N) is 1. The van der Waals surface area contributed by atoms with E-state index in [1.807, 2.05) is 0 Å². The molecule has 1 unspecified atom stereocenters. The number of hydrogen-bond donors (Lipinski definition) is 1. The molecule has 116 valence electrons. The smallest absolute Gasteiger partial charge is 0.253 e. The molecular weight excluding hydrogens is 271 g/mol. The molecule has 1 fully saturated rings. The van der Waals surface area contributed by atoms with Crippen LogP contribution in [0.4, 0.5) is 4.39 Å². The lowest BCUT2D eigenvalue weighted by molar-refractivity contribution is -0.146. The normalized spacial score (nSPS) is 18.5. The Kier molecular flexibility index (Phi) is 6.14. The van der Waals surface area contributed by atoms with E-state index in [9.17, 15) is 9.18 Å². The highest BCUT2D eigenvalue weighted by Crippen LogP contribution is 2.13. The SMILES string of the molecule is CCCCN(Cc1ccccc1F)C(=O)C1CNCCO1. The summed E-state index contributed by atoms with van der Waals surface area (Å²) in [5.74, 6) is -0.326. The quantitative estimate of drug-likeness (QED) is 0.872. The fraction of sp³-hybridized carbons (Fsp3) is 0.562. The Morgan fingerprint density at radius 1 is 1.48 bits per heavy atom. The van der Waals surface area contributed by atoms with Crippen molar-refractivity contribution in [3.05, 3.63) is 35.6 Å². The van der Waals surface area contributed by atoms with Crippen LogP contribution in [0.25, 0.3) is 0 Å². The van der Waals surface area contributed by atoms with Crippen molar-refractivity contribution in [3.63, 3.8) is 0 Å². The first-order valence-electron chi connectivity index (χ1n) is 7.57. The Hall–Kier alpha value is -1.46. The van der Waals surface area contributed by atoms with Gasteiger partial charge in [0.2, 0.25) is 0 Å². The summed E-state index contributed by atoms with van der Waals surface area (Å²) in [7, 11) is 0. The number of nitrogens with one attached hydrogen (secondary N) is 1. The highest BCUT2D eigenvalue weighted by Gasteiger charge is 2.27. The van der Waals surface area contributed by atoms with Gasteiger partial charge < -0.3 is 15.0 Å². The molecule has 0 radical (unpaired) electrons. The molecule has 0 spiro atoms. The summed E-state index contributed by atoms with van der Waals surface area (Å²) in [5, 5.41) is 3.16. The maximum absolute atomic E-state index is 13.8. The predicted octanol–water partition coefficient (Wildman–Crippen LogP) is 1.94. The van der Waals surface area contributed by atoms with Crippen LogP contribution < -0.4 is 5.32 Å². The van der Waals surface area contributed by atoms with E-state index in [0.29, 0.717) is 31.8 Å². The number of carbonyl (C=O) groups excluding carboxylic acids is 1. The number of benzene rings is 1. The number of unbranched alkanes of at least 4 members (excludes halogenated alkanes) is 1. The molecule has 1 aromatic carbocycles. The maximum atomic E-state index is 13.8. The number of halogens is 1. The lowest BCUT2D eigenvalue weighted by atomic mass is 10.1. The fourth-order valence-electron chi connectivity index (χ4n) is 2.38. The van der Waals surface area contributed by atoms with E-state index in [2.05, 4.69) is 12.2 Å². The van der Waals surface area contributed by atoms with E-state index in [-0.39, 0.29) is 11.7 Å². The van der Waals surface area contributed by atoms with Crippen LogP contribution in [-0.4, -0.2) is 43.2 Å². The van der Waals surface area contributed by atoms with Crippen LogP contribution in [0, 0.1) is 5.82 Å². The number of rotatable bonds is 6. The van der Waals surface area contributed by atoms with Crippen molar-refractivity contribution < 1.29 is 13.9 Å². The molecule has 0 aromatic heterocycles. The van der Waals surface area contributed by atoms with E-state index < -0.39 is 6.10 Å². The molecule has 2 rings (SSSR count). The van der Waals surface area contributed by atoms with E-state index in [1.54, 1.807) is 23.1 Å². The zero-order valence-corrected chi connectivity index (χ0v) is 12.5. The summed E-state index contributed by atoms with van der Waals surface area (Å²) in [6, 6.07) is 6.60. The molecule has 1 aliphatic rings. The third-order valence-electron chi connectivity index (χ3n) is 3.62. The first kappa shape index (κ1) is 15.9. The number of ether oxygens (including phenoxy) is 1. The van der Waals surface area contributed by atoms with Gasteiger partial charge in [0.05, 0.1) is 6.61 Å². The second-order valence-corrected chi connectivity index (χ2v) is 5.27. The van der Waals surface area contributed by atoms with Crippen molar-refractivity contribution in [1.29, 1.82) is 0 Å². The Bertz CT molecular complexity index is 461. The molecule has 1 heterocycles. The molecule has 1 atom stereocenters. The van der Waals surface area contributed by atoms with Crippen molar-refractivity contribution in [2.24, 2.45) is 0 Å². The van der Waals surface area contributed by atoms with Crippen LogP contribution in [0.15, 0.2) is 24.3 Å². The summed E-state index contributed by atoms with van der Waals surface area (Å²) in [6.45, 7) is 4.84. The van der Waals surface area contributed by atoms with Gasteiger partial charge in [-0.05, 0) is 12.5 Å². The van der Waals surface area contributed by atoms with Crippen molar-refractivity contribution in [2.75, 3.05) is 26.2 Å². The molecule has 4 nitrogen and oxygen atoms in total. The minimum atomic E-state index is -0.456. The molecule has 21 heavy (non-hydrogen) atoms. The highest BCUT2D eigenvalue weighted by atomic mass is 19.1. The van der Waals surface area contributed by atoms with E-state index >= 15 is 0 Å². The molecule has 0 aliphatic carbocycles. The van der Waals surface area contributed by atoms with Gasteiger partial charge in [-0.15, -0.1) is 0 Å². The monoisotopic (exact) mass is 294 g/mol. The Morgan fingerprint density at radius 2 is 2.29 bits per heavy atom. The fourth-order valence-corrected chi connectivity index (χ4v) is 2.38. The van der Waals surface area contributed by atoms with Gasteiger partial charge in [-0.2, -0.15) is 0 Å². The lowest BCUT2D eigenvalue weighted by Crippen LogP contribution is -2.49. The number of hydrogen-bond acceptors (Lipinski definition) is 3. The van der Waals surface area contributed by atoms with Crippen LogP contribution >= 0.6 is 0 Å². The lowest BCUT2D eigenvalue weighted by Gasteiger charge is -2.30. The maximum Gasteiger partial charge on any atom is 0.253 e. The molecule has 0 bridgehead atoms. The average Bonchev–Trinajstić information content (AvgIpc) is 2.53. The van der Waals surface area contributed by atoms with Crippen molar-refractivity contribution in [1.82, 2.24) is 10.2 Å². The molecular formula is C16H23FN2O2. The summed E-state index contributed by atoms with van der Waals surface area (Å²) in [4.78, 5) is 14.3. The molecule has 1 saturated heterocycles. The predicted molar refractivity (Wildman–Crippen MR) is 79.3 cm³/mol. The second kappa shape index (κ2) is 8.10. The van der Waals surface area contributed by atoms with E-state index in [1.165, 1.54) is 6.07 Å². The van der Waals surface area contributed by atoms with Crippen LogP contribution in [0.2, 0.25) is 0 Å². The Labute approximate surface area is 125 Å². The topological polar surface area (TPSA) is 41.6 Å². The largest absolute Gasteiger partial charge is 0.366 e. The van der Waals surface area contributed by atoms with Crippen LogP contribution in [0.5, 0.6) is 0 Å². The van der Waals surface area contributed by atoms with Crippen molar-refractivity contribution in [2.45, 2.75) is 32.4 Å². The van der Waals surface area contributed by atoms with Crippen LogP contribution in [0.3, 0.4) is 0 Å². The van der Waals surface area contributed by atoms with Gasteiger partial charge >= 0.3 is 0 Å². The third kappa shape index (κ3) is 4.51. The summed E-state index contributed by atoms with van der Waals surface area (Å²) >= 11 is 0. The van der Waals surface area contributed by atoms with Gasteiger partial charge in [-0.3, -0.25) is 4.79 Å². The number of amides is 1. The van der Waals surface area contributed by atoms with Crippen molar-refractivity contribution >= 4 is 5.91 Å². The van der Waals surface area contributed by atoms with Gasteiger partial charge in [0, 0.05) is 31.7 Å². The van der Waals surface area contributed by atoms with Gasteiger partial charge in [0.15, 0.2) is 0 Å². The van der Waals surface area contributed by atoms with Gasteiger partial charge in [0.1, 0.15) is 11.9 Å². The number of carbonyl (C=O) groups is 1. The minimum absolute atomic E-state index is 0.0566. The molecule has 5 heteroatoms. The van der Waals surface area contributed by atoms with E-state index in [4.69, 9.17) is 4.74 Å². The summed E-state index contributed by atoms with van der Waals surface area (Å²) in [6.07, 6.45) is 1.44. The second-order valence-electron chi connectivity index (χ2n) is 5.27. The summed E-state index contributed by atoms with van der Waals surface area (Å²) in [5.41, 5.74) is 0.547. The first-order chi connectivity index (χ1) is 10.2. The van der Waals surface area contributed by atoms with E-state index in [0.717, 1.165) is 19.4 Å². The average molecular weight is 294 g/mol. The molecule has 1 aromatic rings. The zero-order chi connectivity index (χ0) is 15.1. The molecule has 0 saturated carbocycles. The first-order valence-corrected chi connectivity index (χ1v) is 7.57. The minimum Gasteiger partial charge on any atom is -0.366 e. The third-order valence-corrected chi connectivity index (χ3v) is 3.62. The zero-order valence-electron chi connectivity index (χ0n) is 12.5. The van der Waals surface area contributed by atoms with Gasteiger partial charge in [-0.25, -0.2) is 4.39 Å². The van der Waals surface area contributed by atoms with Gasteiger partial charge in [-0.1, -0.05) is 31.5 Å². The highest BCUT2D eigenvalue weighted by molar-refractivity contribution is 5.81. The van der Waals surface area contributed by atoms with Crippen LogP contribution in [-0.2, 0) is 16.1 Å². The standard InChI is InChI=1S/C16H23FN2O2/c1-2-3-9-19(12-13-6-4-5-7-14(13)17)16(20)15-11-18-8-10-21-15/h4-7,15,18H,2-3,8-12H2,1H3. The molecule has 1 aliphatic heterocycles. The number of morpholine rings is 1. The summed E-state index contributed by atoms with van der Waals surface area (Å²) < 4.78 is 19.3. The van der Waals surface area contributed by atoms with Crippen molar-refractivity contribution in [3.8, 4) is 0 Å². The Morgan fingerprint density at radius 3 is 2.95 bits per heavy atom. The molecule has 1 N–H and O–H groups in total.